The Hall–Kier alpha value is -4.96. The maximum atomic E-state index is 11.8. The van der Waals surface area contributed by atoms with Crippen molar-refractivity contribution in [3.05, 3.63) is 120 Å². The number of rotatable bonds is 18. The molecule has 3 atom stereocenters. The fraction of sp³-hybridized carbons (Fsp3) is 0.351. The number of unbranched alkanes of at least 4 members (excludes halogenated alkanes) is 1. The van der Waals surface area contributed by atoms with Crippen LogP contribution in [0, 0.1) is 5.41 Å². The summed E-state index contributed by atoms with van der Waals surface area (Å²) in [4.78, 5) is 21.6. The van der Waals surface area contributed by atoms with Gasteiger partial charge < -0.3 is 36.8 Å². The van der Waals surface area contributed by atoms with Crippen LogP contribution in [0.15, 0.2) is 108 Å². The lowest BCUT2D eigenvalue weighted by Crippen LogP contribution is -2.36. The highest BCUT2D eigenvalue weighted by atomic mass is 16.5. The molecule has 7 N–H and O–H groups in total. The van der Waals surface area contributed by atoms with Crippen molar-refractivity contribution in [3.63, 3.8) is 0 Å². The molecule has 1 unspecified atom stereocenters. The normalized spacial score (nSPS) is 18.2. The van der Waals surface area contributed by atoms with E-state index in [0.29, 0.717) is 56.6 Å². The van der Waals surface area contributed by atoms with Crippen molar-refractivity contribution < 1.29 is 19.4 Å². The third-order valence-electron chi connectivity index (χ3n) is 8.21. The van der Waals surface area contributed by atoms with Crippen molar-refractivity contribution in [2.24, 2.45) is 21.5 Å². The summed E-state index contributed by atoms with van der Waals surface area (Å²) in [6.45, 7) is 4.40. The van der Waals surface area contributed by atoms with Crippen molar-refractivity contribution in [1.29, 1.82) is 5.41 Å². The molecule has 10 heteroatoms. The van der Waals surface area contributed by atoms with E-state index in [2.05, 4.69) is 11.9 Å². The third-order valence-corrected chi connectivity index (χ3v) is 8.21. The van der Waals surface area contributed by atoms with E-state index >= 15 is 0 Å². The summed E-state index contributed by atoms with van der Waals surface area (Å²) >= 11 is 0. The summed E-state index contributed by atoms with van der Waals surface area (Å²) in [6.07, 6.45) is 4.75. The van der Waals surface area contributed by atoms with Crippen LogP contribution < -0.4 is 16.8 Å². The second-order valence-electron chi connectivity index (χ2n) is 11.7. The van der Waals surface area contributed by atoms with E-state index in [1.807, 2.05) is 84.9 Å². The molecule has 0 aromatic heterocycles. The predicted molar refractivity (Wildman–Crippen MR) is 187 cm³/mol. The van der Waals surface area contributed by atoms with Gasteiger partial charge in [0.15, 0.2) is 0 Å². The van der Waals surface area contributed by atoms with Crippen LogP contribution in [0.2, 0.25) is 0 Å². The van der Waals surface area contributed by atoms with Crippen LogP contribution in [0.25, 0.3) is 0 Å². The summed E-state index contributed by atoms with van der Waals surface area (Å²) in [7, 11) is 0. The highest BCUT2D eigenvalue weighted by molar-refractivity contribution is 5.99. The molecule has 1 fully saturated rings. The number of amidine groups is 2. The van der Waals surface area contributed by atoms with Crippen molar-refractivity contribution in [2.45, 2.75) is 69.2 Å². The van der Waals surface area contributed by atoms with Crippen molar-refractivity contribution in [3.8, 4) is 0 Å². The number of nitrogens with zero attached hydrogens (tertiary/aromatic N) is 2. The lowest BCUT2D eigenvalue weighted by atomic mass is 9.98. The quantitative estimate of drug-likeness (QED) is 0.0541. The number of hydrogen-bond acceptors (Lipinski definition) is 7. The SMILES string of the molecule is C=CCOC(=O)NCCCC[C@H](N=C(N)C1(N=C(N)OCc2ccccc2)C[C@H]1c1ccccc1)C(=N)CCc1ccc(CO)cc1. The van der Waals surface area contributed by atoms with E-state index in [1.165, 1.54) is 6.08 Å². The number of ether oxygens (including phenoxy) is 2. The summed E-state index contributed by atoms with van der Waals surface area (Å²) in [5.41, 5.74) is 16.7. The Bertz CT molecular complexity index is 1510. The second-order valence-corrected chi connectivity index (χ2v) is 11.7. The molecule has 3 aromatic carbocycles. The first kappa shape index (κ1) is 34.9. The van der Waals surface area contributed by atoms with Gasteiger partial charge in [0.1, 0.15) is 24.6 Å². The summed E-state index contributed by atoms with van der Waals surface area (Å²) in [6, 6.07) is 27.1. The third kappa shape index (κ3) is 10.5. The summed E-state index contributed by atoms with van der Waals surface area (Å²) < 4.78 is 10.8. The average Bonchev–Trinajstić information content (AvgIpc) is 3.84. The number of aryl methyl sites for hydroxylation is 1. The van der Waals surface area contributed by atoms with E-state index < -0.39 is 17.7 Å². The summed E-state index contributed by atoms with van der Waals surface area (Å²) in [5.74, 6) is 0.294. The van der Waals surface area contributed by atoms with Crippen LogP contribution in [0.1, 0.15) is 60.3 Å². The molecule has 0 bridgehead atoms. The van der Waals surface area contributed by atoms with Gasteiger partial charge in [0.05, 0.1) is 12.6 Å². The number of aliphatic imine (C=N–C) groups is 2. The Morgan fingerprint density at radius 3 is 2.36 bits per heavy atom. The Morgan fingerprint density at radius 2 is 1.68 bits per heavy atom. The van der Waals surface area contributed by atoms with Crippen LogP contribution >= 0.6 is 0 Å². The number of nitrogens with one attached hydrogen (secondary N) is 2. The highest BCUT2D eigenvalue weighted by Crippen LogP contribution is 2.55. The number of carbonyl (C=O) groups is 1. The van der Waals surface area contributed by atoms with Gasteiger partial charge in [-0.15, -0.1) is 0 Å². The Balaban J connectivity index is 1.51. The molecule has 1 saturated carbocycles. The molecule has 1 aliphatic rings. The van der Waals surface area contributed by atoms with Gasteiger partial charge in [0.2, 0.25) is 0 Å². The molecule has 0 aliphatic heterocycles. The molecule has 0 radical (unpaired) electrons. The van der Waals surface area contributed by atoms with Crippen LogP contribution in [0.4, 0.5) is 4.79 Å². The Morgan fingerprint density at radius 1 is 1.00 bits per heavy atom. The highest BCUT2D eigenvalue weighted by Gasteiger charge is 2.59. The smallest absolute Gasteiger partial charge is 0.407 e. The lowest BCUT2D eigenvalue weighted by molar-refractivity contribution is 0.158. The van der Waals surface area contributed by atoms with E-state index in [9.17, 15) is 9.90 Å². The molecule has 1 aliphatic carbocycles. The zero-order valence-electron chi connectivity index (χ0n) is 26.8. The van der Waals surface area contributed by atoms with E-state index in [1.54, 1.807) is 0 Å². The minimum atomic E-state index is -0.878. The minimum Gasteiger partial charge on any atom is -0.461 e. The molecule has 248 valence electrons. The number of amides is 1. The molecule has 3 aromatic rings. The number of aliphatic hydroxyl groups excluding tert-OH is 1. The molecule has 4 rings (SSSR count). The lowest BCUT2D eigenvalue weighted by Gasteiger charge is -2.20. The van der Waals surface area contributed by atoms with Crippen molar-refractivity contribution in [2.75, 3.05) is 13.2 Å². The zero-order chi connectivity index (χ0) is 33.5. The topological polar surface area (TPSA) is 168 Å². The maximum Gasteiger partial charge on any atom is 0.407 e. The number of aliphatic hydroxyl groups is 1. The fourth-order valence-electron chi connectivity index (χ4n) is 5.45. The van der Waals surface area contributed by atoms with Gasteiger partial charge in [-0.1, -0.05) is 97.6 Å². The molecule has 47 heavy (non-hydrogen) atoms. The zero-order valence-corrected chi connectivity index (χ0v) is 26.8. The van der Waals surface area contributed by atoms with Gasteiger partial charge >= 0.3 is 6.09 Å². The number of hydrogen-bond donors (Lipinski definition) is 5. The van der Waals surface area contributed by atoms with E-state index in [0.717, 1.165) is 22.3 Å². The van der Waals surface area contributed by atoms with Gasteiger partial charge in [-0.2, -0.15) is 0 Å². The minimum absolute atomic E-state index is 0.0109. The van der Waals surface area contributed by atoms with Crippen molar-refractivity contribution >= 4 is 23.7 Å². The maximum absolute atomic E-state index is 11.8. The van der Waals surface area contributed by atoms with Crippen LogP contribution in [0.5, 0.6) is 0 Å². The standard InChI is InChI=1S/C37H46N6O4/c1-2-23-46-36(45)41-22-10-9-15-33(32(38)21-20-27-16-18-28(25-44)19-17-27)42-34(39)37(24-31(37)30-13-7-4-8-14-30)43-35(40)47-26-29-11-5-3-6-12-29/h2-8,11-14,16-19,31,33,38,44H,1,9-10,15,20-26H2,(H2,39,42)(H2,40,43)(H,41,45)/t31-,33-,37?/m0/s1. The average molecular weight is 639 g/mol. The first-order valence-electron chi connectivity index (χ1n) is 16.0. The molecular formula is C37H46N6O4. The molecule has 0 saturated heterocycles. The molecule has 0 heterocycles. The predicted octanol–water partition coefficient (Wildman–Crippen LogP) is 5.40. The molecule has 0 spiro atoms. The van der Waals surface area contributed by atoms with E-state index in [-0.39, 0.29) is 31.8 Å². The molecule has 1 amide bonds. The van der Waals surface area contributed by atoms with Crippen LogP contribution in [-0.2, 0) is 29.1 Å². The largest absolute Gasteiger partial charge is 0.461 e. The first-order valence-corrected chi connectivity index (χ1v) is 16.0. The number of alkyl carbamates (subject to hydrolysis) is 1. The van der Waals surface area contributed by atoms with Gasteiger partial charge in [-0.3, -0.25) is 4.99 Å². The number of benzene rings is 3. The number of carbonyl (C=O) groups excluding carboxylic acids is 1. The fourth-order valence-corrected chi connectivity index (χ4v) is 5.45. The Kier molecular flexibility index (Phi) is 13.1. The summed E-state index contributed by atoms with van der Waals surface area (Å²) in [5, 5.41) is 21.2. The van der Waals surface area contributed by atoms with Gasteiger partial charge in [0, 0.05) is 18.2 Å². The first-order chi connectivity index (χ1) is 22.8. The van der Waals surface area contributed by atoms with Crippen LogP contribution in [0.3, 0.4) is 0 Å². The van der Waals surface area contributed by atoms with Gasteiger partial charge in [-0.25, -0.2) is 9.79 Å². The number of nitrogens with two attached hydrogens (primary N) is 2. The monoisotopic (exact) mass is 638 g/mol. The van der Waals surface area contributed by atoms with Crippen molar-refractivity contribution in [1.82, 2.24) is 5.32 Å². The van der Waals surface area contributed by atoms with E-state index in [4.69, 9.17) is 36.3 Å². The van der Waals surface area contributed by atoms with Crippen LogP contribution in [-0.4, -0.2) is 53.5 Å². The van der Waals surface area contributed by atoms with Gasteiger partial charge in [-0.05, 0) is 60.8 Å². The molecular weight excluding hydrogens is 592 g/mol. The van der Waals surface area contributed by atoms with Gasteiger partial charge in [0.25, 0.3) is 6.02 Å². The Labute approximate surface area is 277 Å². The second kappa shape index (κ2) is 17.7. The molecule has 10 nitrogen and oxygen atoms in total.